The van der Waals surface area contributed by atoms with Crippen LogP contribution in [0.3, 0.4) is 0 Å². The average molecular weight is 494 g/mol. The van der Waals surface area contributed by atoms with Crippen molar-refractivity contribution < 1.29 is 0 Å². The third-order valence-corrected chi connectivity index (χ3v) is 17.1. The fourth-order valence-corrected chi connectivity index (χ4v) is 13.9. The van der Waals surface area contributed by atoms with Gasteiger partial charge in [0.05, 0.1) is 0 Å². The molecule has 0 atom stereocenters. The van der Waals surface area contributed by atoms with Crippen molar-refractivity contribution in [3.05, 3.63) is 0 Å². The molecule has 0 saturated carbocycles. The van der Waals surface area contributed by atoms with Crippen molar-refractivity contribution in [3.8, 4) is 0 Å². The van der Waals surface area contributed by atoms with Gasteiger partial charge in [-0.2, -0.15) is 0 Å². The molecule has 0 aromatic heterocycles. The van der Waals surface area contributed by atoms with E-state index in [1.165, 1.54) is 147 Å². The molecule has 0 bridgehead atoms. The fraction of sp³-hybridized carbons (Fsp3) is 1.00. The van der Waals surface area contributed by atoms with Crippen molar-refractivity contribution in [1.82, 2.24) is 0 Å². The Morgan fingerprint density at radius 2 is 0.621 bits per heavy atom. The van der Waals surface area contributed by atoms with E-state index in [1.54, 1.807) is 0 Å². The molecule has 0 rings (SSSR count). The second-order valence-corrected chi connectivity index (χ2v) is 21.5. The minimum absolute atomic E-state index is 1.36. The summed E-state index contributed by atoms with van der Waals surface area (Å²) < 4.78 is 0. The van der Waals surface area contributed by atoms with Crippen LogP contribution in [0.25, 0.3) is 0 Å². The Bertz CT molecular complexity index is 298. The van der Waals surface area contributed by atoms with E-state index >= 15 is 0 Å². The zero-order valence-electron chi connectivity index (χ0n) is 21.1. The standard InChI is InChI=1S/C27H58BrP/c1-5-9-12-15-18-21-25-29(28,24-8-4,26-22-19-16-13-10-6-2)27-23-20-17-14-11-7-3/h5-27H2,1-4H3. The van der Waals surface area contributed by atoms with E-state index in [1.807, 2.05) is 0 Å². The summed E-state index contributed by atoms with van der Waals surface area (Å²) in [4.78, 5) is 0. The monoisotopic (exact) mass is 492 g/mol. The molecule has 0 aromatic rings. The quantitative estimate of drug-likeness (QED) is 0.0980. The Hall–Kier alpha value is 0.910. The van der Waals surface area contributed by atoms with Gasteiger partial charge in [-0.15, -0.1) is 0 Å². The predicted molar refractivity (Wildman–Crippen MR) is 146 cm³/mol. The maximum atomic E-state index is 4.63. The predicted octanol–water partition coefficient (Wildman–Crippen LogP) is 11.3. The van der Waals surface area contributed by atoms with E-state index in [0.29, 0.717) is 0 Å². The summed E-state index contributed by atoms with van der Waals surface area (Å²) in [6.45, 7) is 9.42. The molecule has 0 radical (unpaired) electrons. The second-order valence-electron chi connectivity index (χ2n) is 10.0. The first-order valence-electron chi connectivity index (χ1n) is 13.8. The third kappa shape index (κ3) is 16.2. The minimum atomic E-state index is -1.68. The van der Waals surface area contributed by atoms with E-state index < -0.39 is 5.31 Å². The molecule has 0 N–H and O–H groups in total. The molecule has 0 aromatic carbocycles. The number of unbranched alkanes of at least 4 members (excludes halogenated alkanes) is 15. The first kappa shape index (κ1) is 29.9. The van der Waals surface area contributed by atoms with Gasteiger partial charge in [-0.25, -0.2) is 0 Å². The zero-order chi connectivity index (χ0) is 21.7. The van der Waals surface area contributed by atoms with E-state index in [-0.39, 0.29) is 0 Å². The number of halogens is 1. The summed E-state index contributed by atoms with van der Waals surface area (Å²) in [5.41, 5.74) is 0. The van der Waals surface area contributed by atoms with Gasteiger partial charge in [0.1, 0.15) is 0 Å². The van der Waals surface area contributed by atoms with Crippen LogP contribution in [-0.4, -0.2) is 24.6 Å². The van der Waals surface area contributed by atoms with Gasteiger partial charge in [0, 0.05) is 0 Å². The van der Waals surface area contributed by atoms with Gasteiger partial charge >= 0.3 is 195 Å². The van der Waals surface area contributed by atoms with E-state index in [4.69, 9.17) is 0 Å². The van der Waals surface area contributed by atoms with Crippen LogP contribution < -0.4 is 0 Å². The normalized spacial score (nSPS) is 13.5. The molecule has 0 fully saturated rings. The molecule has 0 aliphatic rings. The van der Waals surface area contributed by atoms with Crippen molar-refractivity contribution in [2.75, 3.05) is 24.6 Å². The first-order valence-corrected chi connectivity index (χ1v) is 18.8. The van der Waals surface area contributed by atoms with Crippen LogP contribution in [0.1, 0.15) is 150 Å². The Morgan fingerprint density at radius 1 is 0.345 bits per heavy atom. The number of hydrogen-bond acceptors (Lipinski definition) is 0. The van der Waals surface area contributed by atoms with Crippen LogP contribution >= 0.6 is 20.8 Å². The summed E-state index contributed by atoms with van der Waals surface area (Å²) in [7, 11) is 0. The van der Waals surface area contributed by atoms with Gasteiger partial charge in [-0.3, -0.25) is 0 Å². The molecule has 29 heavy (non-hydrogen) atoms. The van der Waals surface area contributed by atoms with Gasteiger partial charge in [-0.1, -0.05) is 0 Å². The summed E-state index contributed by atoms with van der Waals surface area (Å²) in [5.74, 6) is 0. The molecule has 0 heterocycles. The zero-order valence-corrected chi connectivity index (χ0v) is 23.6. The molecule has 0 saturated heterocycles. The molecule has 0 nitrogen and oxygen atoms in total. The van der Waals surface area contributed by atoms with Crippen LogP contribution in [0.4, 0.5) is 0 Å². The van der Waals surface area contributed by atoms with Crippen LogP contribution in [0.15, 0.2) is 0 Å². The SMILES string of the molecule is CCCCCCCCP(Br)(CCC)(CCCCCCCC)CCCCCCCC. The van der Waals surface area contributed by atoms with Crippen molar-refractivity contribution >= 4 is 20.8 Å². The maximum absolute atomic E-state index is 4.63. The van der Waals surface area contributed by atoms with E-state index in [2.05, 4.69) is 43.2 Å². The van der Waals surface area contributed by atoms with Crippen molar-refractivity contribution in [2.45, 2.75) is 150 Å². The molecule has 2 heteroatoms. The van der Waals surface area contributed by atoms with Gasteiger partial charge in [0.2, 0.25) is 0 Å². The summed E-state index contributed by atoms with van der Waals surface area (Å²) >= 11 is 4.63. The molecular weight excluding hydrogens is 435 g/mol. The summed E-state index contributed by atoms with van der Waals surface area (Å²) in [6, 6.07) is 0. The van der Waals surface area contributed by atoms with Crippen LogP contribution in [0, 0.1) is 0 Å². The van der Waals surface area contributed by atoms with Crippen LogP contribution in [0.2, 0.25) is 0 Å². The van der Waals surface area contributed by atoms with E-state index in [9.17, 15) is 0 Å². The Labute approximate surface area is 194 Å². The van der Waals surface area contributed by atoms with Gasteiger partial charge in [0.15, 0.2) is 0 Å². The Balaban J connectivity index is 4.67. The average Bonchev–Trinajstić information content (AvgIpc) is 2.71. The van der Waals surface area contributed by atoms with Gasteiger partial charge in [-0.05, 0) is 0 Å². The fourth-order valence-electron chi connectivity index (χ4n) is 5.09. The second kappa shape index (κ2) is 19.6. The molecule has 0 amide bonds. The molecule has 0 aliphatic carbocycles. The summed E-state index contributed by atoms with van der Waals surface area (Å²) in [6.07, 6.45) is 33.5. The van der Waals surface area contributed by atoms with Crippen LogP contribution in [-0.2, 0) is 0 Å². The van der Waals surface area contributed by atoms with E-state index in [0.717, 1.165) is 0 Å². The van der Waals surface area contributed by atoms with Crippen LogP contribution in [0.5, 0.6) is 0 Å². The van der Waals surface area contributed by atoms with Crippen molar-refractivity contribution in [3.63, 3.8) is 0 Å². The number of hydrogen-bond donors (Lipinski definition) is 0. The molecule has 0 spiro atoms. The third-order valence-electron chi connectivity index (χ3n) is 6.99. The molecule has 0 unspecified atom stereocenters. The van der Waals surface area contributed by atoms with Crippen molar-refractivity contribution in [1.29, 1.82) is 0 Å². The number of rotatable bonds is 23. The van der Waals surface area contributed by atoms with Gasteiger partial charge in [0.25, 0.3) is 0 Å². The van der Waals surface area contributed by atoms with Gasteiger partial charge < -0.3 is 0 Å². The van der Waals surface area contributed by atoms with Crippen molar-refractivity contribution in [2.24, 2.45) is 0 Å². The first-order chi connectivity index (χ1) is 14.0. The topological polar surface area (TPSA) is 0 Å². The Morgan fingerprint density at radius 3 is 0.897 bits per heavy atom. The molecule has 178 valence electrons. The summed E-state index contributed by atoms with van der Waals surface area (Å²) in [5, 5.41) is -1.68. The molecular formula is C27H58BrP. The Kier molecular flexibility index (Phi) is 20.2. The molecule has 0 aliphatic heterocycles.